The fraction of sp³-hybridized carbons (Fsp3) is 0.522. The average Bonchev–Trinajstić information content (AvgIpc) is 3.32. The summed E-state index contributed by atoms with van der Waals surface area (Å²) in [5.41, 5.74) is -0.904. The van der Waals surface area contributed by atoms with Crippen LogP contribution in [0, 0.1) is 5.92 Å². The van der Waals surface area contributed by atoms with E-state index in [1.807, 2.05) is 30.3 Å². The van der Waals surface area contributed by atoms with Gasteiger partial charge in [0.15, 0.2) is 5.69 Å². The SMILES string of the molecule is CN1C=C(CC(NC(=O)C2CC2)C(=O)NC(C)(C)Cn2nc(C(F)(F)F)cc2-c2cn[nH]n2)C=CC1. The highest BCUT2D eigenvalue weighted by atomic mass is 19.4. The molecule has 1 fully saturated rings. The smallest absolute Gasteiger partial charge is 0.376 e. The van der Waals surface area contributed by atoms with Crippen molar-refractivity contribution < 1.29 is 22.8 Å². The maximum absolute atomic E-state index is 13.4. The molecule has 0 bridgehead atoms. The van der Waals surface area contributed by atoms with Gasteiger partial charge in [0.05, 0.1) is 24.0 Å². The number of allylic oxidation sites excluding steroid dienone is 1. The van der Waals surface area contributed by atoms with Gasteiger partial charge in [-0.2, -0.15) is 33.7 Å². The summed E-state index contributed by atoms with van der Waals surface area (Å²) >= 11 is 0. The predicted molar refractivity (Wildman–Crippen MR) is 124 cm³/mol. The van der Waals surface area contributed by atoms with Gasteiger partial charge in [-0.3, -0.25) is 14.3 Å². The van der Waals surface area contributed by atoms with Gasteiger partial charge in [0.25, 0.3) is 0 Å². The summed E-state index contributed by atoms with van der Waals surface area (Å²) in [6.07, 6.45) is 4.33. The lowest BCUT2D eigenvalue weighted by Gasteiger charge is -2.30. The molecular weight excluding hydrogens is 477 g/mol. The van der Waals surface area contributed by atoms with E-state index in [2.05, 4.69) is 31.1 Å². The van der Waals surface area contributed by atoms with Crippen molar-refractivity contribution in [3.63, 3.8) is 0 Å². The van der Waals surface area contributed by atoms with Crippen LogP contribution >= 0.6 is 0 Å². The number of nitrogens with zero attached hydrogens (tertiary/aromatic N) is 5. The Kier molecular flexibility index (Phi) is 6.92. The van der Waals surface area contributed by atoms with Crippen molar-refractivity contribution in [2.75, 3.05) is 13.6 Å². The number of carbonyl (C=O) groups is 2. The van der Waals surface area contributed by atoms with Gasteiger partial charge in [0.1, 0.15) is 11.7 Å². The topological polar surface area (TPSA) is 121 Å². The van der Waals surface area contributed by atoms with Gasteiger partial charge in [-0.15, -0.1) is 0 Å². The maximum atomic E-state index is 13.4. The van der Waals surface area contributed by atoms with Crippen molar-refractivity contribution >= 4 is 11.8 Å². The Morgan fingerprint density at radius 3 is 2.64 bits per heavy atom. The average molecular weight is 507 g/mol. The molecule has 0 aromatic carbocycles. The monoisotopic (exact) mass is 506 g/mol. The van der Waals surface area contributed by atoms with E-state index in [0.29, 0.717) is 0 Å². The van der Waals surface area contributed by atoms with E-state index in [9.17, 15) is 22.8 Å². The molecule has 194 valence electrons. The number of hydrogen-bond acceptors (Lipinski definition) is 6. The number of nitrogens with one attached hydrogen (secondary N) is 3. The van der Waals surface area contributed by atoms with Crippen LogP contribution in [0.3, 0.4) is 0 Å². The zero-order valence-corrected chi connectivity index (χ0v) is 20.3. The van der Waals surface area contributed by atoms with Crippen molar-refractivity contribution in [1.29, 1.82) is 0 Å². The standard InChI is InChI=1S/C23H29F3N8O2/c1-22(2,13-34-18(17-11-27-32-30-17)10-19(31-34)23(24,25)26)29-21(36)16(28-20(35)15-6-7-15)9-14-5-4-8-33(3)12-14/h4-5,10-12,15-16H,6-9,13H2,1-3H3,(H,28,35)(H,29,36)(H,27,30,32). The maximum Gasteiger partial charge on any atom is 0.435 e. The quantitative estimate of drug-likeness (QED) is 0.480. The van der Waals surface area contributed by atoms with Crippen LogP contribution in [0.4, 0.5) is 13.2 Å². The first-order chi connectivity index (χ1) is 16.9. The predicted octanol–water partition coefficient (Wildman–Crippen LogP) is 2.25. The largest absolute Gasteiger partial charge is 0.435 e. The summed E-state index contributed by atoms with van der Waals surface area (Å²) in [6, 6.07) is 0.0606. The molecule has 0 saturated heterocycles. The lowest BCUT2D eigenvalue weighted by atomic mass is 10.0. The number of amides is 2. The number of alkyl halides is 3. The molecule has 1 unspecified atom stereocenters. The molecule has 3 N–H and O–H groups in total. The fourth-order valence-electron chi connectivity index (χ4n) is 3.99. The number of aromatic nitrogens is 5. The highest BCUT2D eigenvalue weighted by Gasteiger charge is 2.37. The minimum absolute atomic E-state index is 0.0777. The van der Waals surface area contributed by atoms with Crippen LogP contribution in [0.1, 0.15) is 38.8 Å². The van der Waals surface area contributed by atoms with Gasteiger partial charge in [-0.05, 0) is 38.3 Å². The van der Waals surface area contributed by atoms with Crippen LogP contribution in [-0.4, -0.2) is 67.1 Å². The van der Waals surface area contributed by atoms with Gasteiger partial charge in [-0.25, -0.2) is 0 Å². The summed E-state index contributed by atoms with van der Waals surface area (Å²) in [7, 11) is 1.91. The molecule has 3 heterocycles. The van der Waals surface area contributed by atoms with Crippen molar-refractivity contribution in [3.8, 4) is 11.4 Å². The van der Waals surface area contributed by atoms with Crippen molar-refractivity contribution in [2.24, 2.45) is 5.92 Å². The summed E-state index contributed by atoms with van der Waals surface area (Å²) in [5.74, 6) is -0.679. The van der Waals surface area contributed by atoms with Gasteiger partial charge >= 0.3 is 6.18 Å². The van der Waals surface area contributed by atoms with E-state index in [1.165, 1.54) is 6.20 Å². The molecule has 2 aliphatic rings. The van der Waals surface area contributed by atoms with Crippen molar-refractivity contribution in [2.45, 2.75) is 57.4 Å². The van der Waals surface area contributed by atoms with Crippen LogP contribution in [-0.2, 0) is 22.3 Å². The number of hydrogen-bond donors (Lipinski definition) is 3. The molecule has 10 nitrogen and oxygen atoms in total. The van der Waals surface area contributed by atoms with E-state index >= 15 is 0 Å². The molecular formula is C23H29F3N8O2. The lowest BCUT2D eigenvalue weighted by Crippen LogP contribution is -2.55. The van der Waals surface area contributed by atoms with Gasteiger partial charge < -0.3 is 15.5 Å². The Morgan fingerprint density at radius 2 is 2.03 bits per heavy atom. The zero-order valence-electron chi connectivity index (χ0n) is 20.3. The number of carbonyl (C=O) groups excluding carboxylic acids is 2. The van der Waals surface area contributed by atoms with E-state index in [-0.39, 0.29) is 36.2 Å². The Bertz CT molecular complexity index is 1160. The molecule has 13 heteroatoms. The third-order valence-corrected chi connectivity index (χ3v) is 5.89. The van der Waals surface area contributed by atoms with Crippen LogP contribution in [0.25, 0.3) is 11.4 Å². The number of rotatable bonds is 9. The second kappa shape index (κ2) is 9.78. The van der Waals surface area contributed by atoms with Gasteiger partial charge in [-0.1, -0.05) is 12.2 Å². The van der Waals surface area contributed by atoms with Crippen LogP contribution in [0.15, 0.2) is 36.2 Å². The molecule has 0 radical (unpaired) electrons. The van der Waals surface area contributed by atoms with Crippen LogP contribution < -0.4 is 10.6 Å². The van der Waals surface area contributed by atoms with Gasteiger partial charge in [0, 0.05) is 32.1 Å². The molecule has 36 heavy (non-hydrogen) atoms. The second-order valence-corrected chi connectivity index (χ2v) is 9.88. The highest BCUT2D eigenvalue weighted by molar-refractivity contribution is 5.90. The van der Waals surface area contributed by atoms with Crippen LogP contribution in [0.2, 0.25) is 0 Å². The molecule has 2 aromatic heterocycles. The molecule has 1 saturated carbocycles. The number of H-pyrrole nitrogens is 1. The Morgan fingerprint density at radius 1 is 1.28 bits per heavy atom. The van der Waals surface area contributed by atoms with Gasteiger partial charge in [0.2, 0.25) is 11.8 Å². The van der Waals surface area contributed by atoms with E-state index in [0.717, 1.165) is 35.7 Å². The Balaban J connectivity index is 1.52. The summed E-state index contributed by atoms with van der Waals surface area (Å²) in [6.45, 7) is 4.03. The first kappa shape index (κ1) is 25.5. The van der Waals surface area contributed by atoms with Crippen LogP contribution in [0.5, 0.6) is 0 Å². The van der Waals surface area contributed by atoms with Crippen molar-refractivity contribution in [1.82, 2.24) is 40.7 Å². The fourth-order valence-corrected chi connectivity index (χ4v) is 3.99. The molecule has 2 amide bonds. The molecule has 4 rings (SSSR count). The second-order valence-electron chi connectivity index (χ2n) is 9.88. The Hall–Kier alpha value is -3.64. The minimum atomic E-state index is -4.65. The highest BCUT2D eigenvalue weighted by Crippen LogP contribution is 2.32. The minimum Gasteiger partial charge on any atom is -0.376 e. The molecule has 0 spiro atoms. The van der Waals surface area contributed by atoms with E-state index in [4.69, 9.17) is 0 Å². The lowest BCUT2D eigenvalue weighted by molar-refractivity contribution is -0.141. The zero-order chi connectivity index (χ0) is 26.1. The third-order valence-electron chi connectivity index (χ3n) is 5.89. The normalized spacial score (nSPS) is 17.1. The van der Waals surface area contributed by atoms with E-state index in [1.54, 1.807) is 13.8 Å². The molecule has 2 aromatic rings. The van der Waals surface area contributed by atoms with E-state index < -0.39 is 29.4 Å². The summed E-state index contributed by atoms with van der Waals surface area (Å²) < 4.78 is 41.3. The summed E-state index contributed by atoms with van der Waals surface area (Å²) in [4.78, 5) is 27.8. The molecule has 1 atom stereocenters. The first-order valence-corrected chi connectivity index (χ1v) is 11.6. The Labute approximate surface area is 206 Å². The number of likely N-dealkylation sites (N-methyl/N-ethyl adjacent to an activating group) is 1. The summed E-state index contributed by atoms with van der Waals surface area (Å²) in [5, 5.41) is 19.4. The van der Waals surface area contributed by atoms with Crippen molar-refractivity contribution in [3.05, 3.63) is 41.9 Å². The first-order valence-electron chi connectivity index (χ1n) is 11.6. The third kappa shape index (κ3) is 6.32. The molecule has 1 aliphatic heterocycles. The number of halogens is 3. The number of aromatic amines is 1. The molecule has 1 aliphatic carbocycles.